The van der Waals surface area contributed by atoms with Crippen LogP contribution in [0.3, 0.4) is 0 Å². The van der Waals surface area contributed by atoms with Crippen LogP contribution in [-0.4, -0.2) is 73.3 Å². The first-order valence-electron chi connectivity index (χ1n) is 12.6. The molecule has 0 bridgehead atoms. The summed E-state index contributed by atoms with van der Waals surface area (Å²) in [6.07, 6.45) is 3.81. The molecule has 4 heterocycles. The monoisotopic (exact) mass is 506 g/mol. The second kappa shape index (κ2) is 9.46. The molecule has 36 heavy (non-hydrogen) atoms. The SMILES string of the molecule is O=C(c1nn(-c2ccc(CN3CCCCC3)cc2)c2c1CS(=O)(=O)c1ccccc1-2)N1CCOCC1. The second-order valence-corrected chi connectivity index (χ2v) is 11.7. The number of hydrogen-bond donors (Lipinski definition) is 0. The summed E-state index contributed by atoms with van der Waals surface area (Å²) < 4.78 is 33.5. The van der Waals surface area contributed by atoms with Crippen molar-refractivity contribution in [3.8, 4) is 16.9 Å². The molecule has 0 radical (unpaired) electrons. The van der Waals surface area contributed by atoms with Gasteiger partial charge in [0.05, 0.1) is 35.2 Å². The summed E-state index contributed by atoms with van der Waals surface area (Å²) >= 11 is 0. The minimum atomic E-state index is -3.59. The first kappa shape index (κ1) is 23.4. The molecule has 2 fully saturated rings. The molecule has 3 aliphatic rings. The lowest BCUT2D eigenvalue weighted by Crippen LogP contribution is -2.41. The van der Waals surface area contributed by atoms with Crippen LogP contribution in [0.4, 0.5) is 0 Å². The molecule has 0 unspecified atom stereocenters. The van der Waals surface area contributed by atoms with Gasteiger partial charge in [-0.1, -0.05) is 36.8 Å². The standard InChI is InChI=1S/C27H30N4O4S/c32-27(30-14-16-35-17-15-30)25-23-19-36(33,34)24-7-3-2-6-22(24)26(23)31(28-25)21-10-8-20(9-11-21)18-29-12-4-1-5-13-29/h2-3,6-11H,1,4-5,12-19H2. The van der Waals surface area contributed by atoms with E-state index in [-0.39, 0.29) is 22.2 Å². The van der Waals surface area contributed by atoms with Gasteiger partial charge in [-0.15, -0.1) is 0 Å². The van der Waals surface area contributed by atoms with Crippen LogP contribution >= 0.6 is 0 Å². The smallest absolute Gasteiger partial charge is 0.274 e. The zero-order chi connectivity index (χ0) is 24.7. The number of rotatable bonds is 4. The molecule has 1 amide bonds. The predicted molar refractivity (Wildman–Crippen MR) is 136 cm³/mol. The van der Waals surface area contributed by atoms with Gasteiger partial charge >= 0.3 is 0 Å². The van der Waals surface area contributed by atoms with Crippen LogP contribution in [0.25, 0.3) is 16.9 Å². The summed E-state index contributed by atoms with van der Waals surface area (Å²) in [5.41, 5.74) is 3.99. The molecule has 2 saturated heterocycles. The molecular weight excluding hydrogens is 476 g/mol. The topological polar surface area (TPSA) is 84.7 Å². The van der Waals surface area contributed by atoms with Gasteiger partial charge in [0, 0.05) is 30.8 Å². The van der Waals surface area contributed by atoms with Crippen molar-refractivity contribution in [2.24, 2.45) is 0 Å². The lowest BCUT2D eigenvalue weighted by Gasteiger charge is -2.26. The molecule has 3 aliphatic heterocycles. The maximum absolute atomic E-state index is 13.5. The molecule has 0 aliphatic carbocycles. The van der Waals surface area contributed by atoms with E-state index in [1.807, 2.05) is 18.2 Å². The van der Waals surface area contributed by atoms with Gasteiger partial charge in [0.1, 0.15) is 0 Å². The number of carbonyl (C=O) groups is 1. The highest BCUT2D eigenvalue weighted by Gasteiger charge is 2.37. The van der Waals surface area contributed by atoms with E-state index in [1.165, 1.54) is 24.8 Å². The van der Waals surface area contributed by atoms with Crippen molar-refractivity contribution in [3.63, 3.8) is 0 Å². The van der Waals surface area contributed by atoms with Crippen molar-refractivity contribution in [2.75, 3.05) is 39.4 Å². The number of sulfone groups is 1. The number of amides is 1. The predicted octanol–water partition coefficient (Wildman–Crippen LogP) is 3.28. The number of benzene rings is 2. The van der Waals surface area contributed by atoms with Crippen LogP contribution in [0.5, 0.6) is 0 Å². The van der Waals surface area contributed by atoms with Crippen molar-refractivity contribution in [1.29, 1.82) is 0 Å². The fraction of sp³-hybridized carbons (Fsp3) is 0.407. The minimum Gasteiger partial charge on any atom is -0.378 e. The zero-order valence-electron chi connectivity index (χ0n) is 20.2. The second-order valence-electron chi connectivity index (χ2n) is 9.75. The molecule has 6 rings (SSSR count). The number of nitrogens with zero attached hydrogens (tertiary/aromatic N) is 4. The Morgan fingerprint density at radius 2 is 1.64 bits per heavy atom. The maximum Gasteiger partial charge on any atom is 0.274 e. The summed E-state index contributed by atoms with van der Waals surface area (Å²) in [5.74, 6) is -0.484. The summed E-state index contributed by atoms with van der Waals surface area (Å²) in [7, 11) is -3.59. The van der Waals surface area contributed by atoms with Crippen LogP contribution in [-0.2, 0) is 26.9 Å². The molecule has 1 aromatic heterocycles. The van der Waals surface area contributed by atoms with Crippen LogP contribution in [0.15, 0.2) is 53.4 Å². The van der Waals surface area contributed by atoms with Crippen molar-refractivity contribution in [1.82, 2.24) is 19.6 Å². The minimum absolute atomic E-state index is 0.211. The van der Waals surface area contributed by atoms with Crippen LogP contribution in [0, 0.1) is 0 Å². The fourth-order valence-electron chi connectivity index (χ4n) is 5.46. The number of hydrogen-bond acceptors (Lipinski definition) is 6. The number of carbonyl (C=O) groups excluding carboxylic acids is 1. The molecule has 0 spiro atoms. The quantitative estimate of drug-likeness (QED) is 0.540. The average Bonchev–Trinajstić information content (AvgIpc) is 3.28. The van der Waals surface area contributed by atoms with Crippen LogP contribution in [0.1, 0.15) is 40.9 Å². The van der Waals surface area contributed by atoms with Gasteiger partial charge in [0.25, 0.3) is 5.91 Å². The third kappa shape index (κ3) is 4.25. The fourth-order valence-corrected chi connectivity index (χ4v) is 7.05. The van der Waals surface area contributed by atoms with E-state index < -0.39 is 9.84 Å². The Morgan fingerprint density at radius 1 is 0.917 bits per heavy atom. The number of likely N-dealkylation sites (tertiary alicyclic amines) is 1. The van der Waals surface area contributed by atoms with E-state index in [2.05, 4.69) is 17.0 Å². The largest absolute Gasteiger partial charge is 0.378 e. The van der Waals surface area contributed by atoms with Crippen molar-refractivity contribution < 1.29 is 17.9 Å². The Kier molecular flexibility index (Phi) is 6.15. The van der Waals surface area contributed by atoms with Gasteiger partial charge in [-0.3, -0.25) is 9.69 Å². The van der Waals surface area contributed by atoms with E-state index in [0.29, 0.717) is 43.1 Å². The Morgan fingerprint density at radius 3 is 2.39 bits per heavy atom. The van der Waals surface area contributed by atoms with E-state index >= 15 is 0 Å². The number of aromatic nitrogens is 2. The van der Waals surface area contributed by atoms with E-state index in [4.69, 9.17) is 9.84 Å². The Hall–Kier alpha value is -3.01. The Balaban J connectivity index is 1.42. The number of fused-ring (bicyclic) bond motifs is 3. The number of morpholine rings is 1. The third-order valence-electron chi connectivity index (χ3n) is 7.33. The maximum atomic E-state index is 13.5. The first-order valence-corrected chi connectivity index (χ1v) is 14.3. The molecular formula is C27H30N4O4S. The van der Waals surface area contributed by atoms with E-state index in [1.54, 1.807) is 27.8 Å². The first-order chi connectivity index (χ1) is 17.5. The highest BCUT2D eigenvalue weighted by atomic mass is 32.2. The van der Waals surface area contributed by atoms with Crippen molar-refractivity contribution in [2.45, 2.75) is 36.5 Å². The molecule has 0 atom stereocenters. The molecule has 2 aromatic carbocycles. The van der Waals surface area contributed by atoms with Crippen LogP contribution in [0.2, 0.25) is 0 Å². The van der Waals surface area contributed by atoms with Crippen LogP contribution < -0.4 is 0 Å². The van der Waals surface area contributed by atoms with Crippen molar-refractivity contribution in [3.05, 3.63) is 65.4 Å². The number of ether oxygens (including phenoxy) is 1. The summed E-state index contributed by atoms with van der Waals surface area (Å²) in [6, 6.07) is 15.2. The lowest BCUT2D eigenvalue weighted by atomic mass is 10.0. The molecule has 0 saturated carbocycles. The third-order valence-corrected chi connectivity index (χ3v) is 9.03. The van der Waals surface area contributed by atoms with E-state index in [0.717, 1.165) is 25.3 Å². The lowest BCUT2D eigenvalue weighted by molar-refractivity contribution is 0.0298. The van der Waals surface area contributed by atoms with Gasteiger partial charge in [-0.2, -0.15) is 5.10 Å². The Labute approximate surface area is 211 Å². The average molecular weight is 507 g/mol. The van der Waals surface area contributed by atoms with Gasteiger partial charge in [-0.25, -0.2) is 13.1 Å². The molecule has 188 valence electrons. The zero-order valence-corrected chi connectivity index (χ0v) is 21.0. The van der Waals surface area contributed by atoms with Gasteiger partial charge in [-0.05, 0) is 49.7 Å². The number of piperidine rings is 1. The summed E-state index contributed by atoms with van der Waals surface area (Å²) in [5, 5.41) is 4.76. The molecule has 0 N–H and O–H groups in total. The van der Waals surface area contributed by atoms with E-state index in [9.17, 15) is 13.2 Å². The van der Waals surface area contributed by atoms with Gasteiger partial charge in [0.2, 0.25) is 0 Å². The highest BCUT2D eigenvalue weighted by molar-refractivity contribution is 7.90. The molecule has 9 heteroatoms. The Bertz CT molecular complexity index is 1390. The van der Waals surface area contributed by atoms with Crippen molar-refractivity contribution >= 4 is 15.7 Å². The van der Waals surface area contributed by atoms with Gasteiger partial charge in [0.15, 0.2) is 15.5 Å². The summed E-state index contributed by atoms with van der Waals surface area (Å²) in [6.45, 7) is 5.05. The van der Waals surface area contributed by atoms with Gasteiger partial charge < -0.3 is 9.64 Å². The molecule has 8 nitrogen and oxygen atoms in total. The highest BCUT2D eigenvalue weighted by Crippen LogP contribution is 2.40. The normalized spacial score (nSPS) is 19.5. The molecule has 3 aromatic rings. The summed E-state index contributed by atoms with van der Waals surface area (Å²) in [4.78, 5) is 18.0.